The van der Waals surface area contributed by atoms with Crippen molar-refractivity contribution in [3.8, 4) is 0 Å². The zero-order valence-corrected chi connectivity index (χ0v) is 14.4. The highest BCUT2D eigenvalue weighted by Gasteiger charge is 2.31. The highest BCUT2D eigenvalue weighted by molar-refractivity contribution is 7.10. The van der Waals surface area contributed by atoms with Gasteiger partial charge in [0.25, 0.3) is 0 Å². The van der Waals surface area contributed by atoms with Crippen LogP contribution in [0.2, 0.25) is 0 Å². The van der Waals surface area contributed by atoms with Gasteiger partial charge in [-0.05, 0) is 36.9 Å². The van der Waals surface area contributed by atoms with Crippen LogP contribution in [-0.4, -0.2) is 35.3 Å². The zero-order valence-electron chi connectivity index (χ0n) is 13.6. The Hall–Kier alpha value is -2.21. The van der Waals surface area contributed by atoms with Crippen LogP contribution in [0.3, 0.4) is 0 Å². The molecule has 0 atom stereocenters. The average molecular weight is 331 g/mol. The van der Waals surface area contributed by atoms with Gasteiger partial charge >= 0.3 is 0 Å². The van der Waals surface area contributed by atoms with Gasteiger partial charge in [0.1, 0.15) is 0 Å². The molecule has 2 heterocycles. The number of carbonyl (C=O) groups is 2. The minimum absolute atomic E-state index is 0.00952. The topological polar surface area (TPSA) is 62.3 Å². The fourth-order valence-electron chi connectivity index (χ4n) is 2.11. The monoisotopic (exact) mass is 331 g/mol. The Bertz CT molecular complexity index is 654. The SMILES string of the molecule is CN(Cc1cccnc1)C(=O)CNC(=O)C(C)(C)c1cccs1. The van der Waals surface area contributed by atoms with E-state index < -0.39 is 5.41 Å². The van der Waals surface area contributed by atoms with Crippen LogP contribution in [0.25, 0.3) is 0 Å². The normalized spacial score (nSPS) is 11.1. The van der Waals surface area contributed by atoms with E-state index in [0.29, 0.717) is 6.54 Å². The van der Waals surface area contributed by atoms with Gasteiger partial charge in [-0.25, -0.2) is 0 Å². The lowest BCUT2D eigenvalue weighted by molar-refractivity contribution is -0.133. The predicted octanol–water partition coefficient (Wildman–Crippen LogP) is 2.20. The molecule has 0 radical (unpaired) electrons. The lowest BCUT2D eigenvalue weighted by Gasteiger charge is -2.23. The Labute approximate surface area is 140 Å². The number of rotatable bonds is 6. The van der Waals surface area contributed by atoms with Crippen LogP contribution in [0.5, 0.6) is 0 Å². The van der Waals surface area contributed by atoms with Crippen LogP contribution in [0.4, 0.5) is 0 Å². The number of hydrogen-bond acceptors (Lipinski definition) is 4. The number of carbonyl (C=O) groups excluding carboxylic acids is 2. The van der Waals surface area contributed by atoms with Gasteiger partial charge in [0.2, 0.25) is 11.8 Å². The van der Waals surface area contributed by atoms with E-state index in [0.717, 1.165) is 10.4 Å². The maximum absolute atomic E-state index is 12.4. The third-order valence-electron chi connectivity index (χ3n) is 3.67. The van der Waals surface area contributed by atoms with Crippen LogP contribution in [0.15, 0.2) is 42.0 Å². The molecule has 2 aromatic rings. The summed E-state index contributed by atoms with van der Waals surface area (Å²) in [6.45, 7) is 4.18. The van der Waals surface area contributed by atoms with Crippen LogP contribution in [0, 0.1) is 0 Å². The van der Waals surface area contributed by atoms with Crippen LogP contribution >= 0.6 is 11.3 Å². The first-order valence-electron chi connectivity index (χ1n) is 7.36. The molecular formula is C17H21N3O2S. The standard InChI is InChI=1S/C17H21N3O2S/c1-17(2,14-7-5-9-23-14)16(22)19-11-15(21)20(3)12-13-6-4-8-18-10-13/h4-10H,11-12H2,1-3H3,(H,19,22). The van der Waals surface area contributed by atoms with Gasteiger partial charge in [0, 0.05) is 30.9 Å². The molecule has 0 saturated carbocycles. The van der Waals surface area contributed by atoms with E-state index in [9.17, 15) is 9.59 Å². The summed E-state index contributed by atoms with van der Waals surface area (Å²) in [6.07, 6.45) is 3.42. The maximum atomic E-state index is 12.4. The number of nitrogens with one attached hydrogen (secondary N) is 1. The summed E-state index contributed by atoms with van der Waals surface area (Å²) in [4.78, 5) is 31.1. The summed E-state index contributed by atoms with van der Waals surface area (Å²) >= 11 is 1.54. The van der Waals surface area contributed by atoms with Gasteiger partial charge in [-0.1, -0.05) is 12.1 Å². The molecule has 0 aliphatic heterocycles. The van der Waals surface area contributed by atoms with Gasteiger partial charge in [-0.15, -0.1) is 11.3 Å². The molecule has 0 fully saturated rings. The van der Waals surface area contributed by atoms with Gasteiger partial charge < -0.3 is 10.2 Å². The Morgan fingerprint density at radius 1 is 1.30 bits per heavy atom. The second kappa shape index (κ2) is 7.37. The minimum Gasteiger partial charge on any atom is -0.346 e. The molecule has 2 rings (SSSR count). The molecule has 0 aliphatic carbocycles. The smallest absolute Gasteiger partial charge is 0.242 e. The molecule has 23 heavy (non-hydrogen) atoms. The summed E-state index contributed by atoms with van der Waals surface area (Å²) in [6, 6.07) is 7.59. The van der Waals surface area contributed by atoms with E-state index in [4.69, 9.17) is 0 Å². The first-order valence-corrected chi connectivity index (χ1v) is 8.24. The molecule has 6 heteroatoms. The number of nitrogens with zero attached hydrogens (tertiary/aromatic N) is 2. The van der Waals surface area contributed by atoms with E-state index in [1.54, 1.807) is 24.3 Å². The molecule has 2 aromatic heterocycles. The Kier molecular flexibility index (Phi) is 5.50. The molecule has 0 spiro atoms. The number of amides is 2. The van der Waals surface area contributed by atoms with Gasteiger partial charge in [-0.2, -0.15) is 0 Å². The molecule has 2 amide bonds. The zero-order chi connectivity index (χ0) is 16.9. The summed E-state index contributed by atoms with van der Waals surface area (Å²) < 4.78 is 0. The largest absolute Gasteiger partial charge is 0.346 e. The molecule has 0 unspecified atom stereocenters. The summed E-state index contributed by atoms with van der Waals surface area (Å²) in [5.41, 5.74) is 0.310. The number of thiophene rings is 1. The van der Waals surface area contributed by atoms with E-state index in [1.165, 1.54) is 11.3 Å². The van der Waals surface area contributed by atoms with Crippen LogP contribution < -0.4 is 5.32 Å². The maximum Gasteiger partial charge on any atom is 0.242 e. The molecule has 5 nitrogen and oxygen atoms in total. The fourth-order valence-corrected chi connectivity index (χ4v) is 2.96. The van der Waals surface area contributed by atoms with Crippen molar-refractivity contribution in [3.63, 3.8) is 0 Å². The van der Waals surface area contributed by atoms with Crippen molar-refractivity contribution < 1.29 is 9.59 Å². The van der Waals surface area contributed by atoms with E-state index in [-0.39, 0.29) is 18.4 Å². The van der Waals surface area contributed by atoms with Gasteiger partial charge in [-0.3, -0.25) is 14.6 Å². The quantitative estimate of drug-likeness (QED) is 0.882. The Morgan fingerprint density at radius 2 is 2.09 bits per heavy atom. The van der Waals surface area contributed by atoms with Crippen LogP contribution in [0.1, 0.15) is 24.3 Å². The molecule has 1 N–H and O–H groups in total. The molecule has 0 aromatic carbocycles. The predicted molar refractivity (Wildman–Crippen MR) is 91.1 cm³/mol. The lowest BCUT2D eigenvalue weighted by Crippen LogP contribution is -2.44. The summed E-state index contributed by atoms with van der Waals surface area (Å²) in [5.74, 6) is -0.285. The van der Waals surface area contributed by atoms with Crippen molar-refractivity contribution in [2.75, 3.05) is 13.6 Å². The van der Waals surface area contributed by atoms with Crippen molar-refractivity contribution in [2.45, 2.75) is 25.8 Å². The summed E-state index contributed by atoms with van der Waals surface area (Å²) in [7, 11) is 1.71. The van der Waals surface area contributed by atoms with Crippen molar-refractivity contribution in [3.05, 3.63) is 52.5 Å². The molecule has 0 aliphatic rings. The number of pyridine rings is 1. The van der Waals surface area contributed by atoms with Crippen molar-refractivity contribution in [1.29, 1.82) is 0 Å². The molecular weight excluding hydrogens is 310 g/mol. The fraction of sp³-hybridized carbons (Fsp3) is 0.353. The van der Waals surface area contributed by atoms with Gasteiger partial charge in [0.05, 0.1) is 12.0 Å². The summed E-state index contributed by atoms with van der Waals surface area (Å²) in [5, 5.41) is 4.68. The Balaban J connectivity index is 1.87. The first kappa shape index (κ1) is 17.1. The average Bonchev–Trinajstić information content (AvgIpc) is 3.08. The number of aromatic nitrogens is 1. The van der Waals surface area contributed by atoms with Gasteiger partial charge in [0.15, 0.2) is 0 Å². The highest BCUT2D eigenvalue weighted by Crippen LogP contribution is 2.27. The molecule has 0 saturated heterocycles. The second-order valence-electron chi connectivity index (χ2n) is 5.90. The highest BCUT2D eigenvalue weighted by atomic mass is 32.1. The molecule has 0 bridgehead atoms. The number of hydrogen-bond donors (Lipinski definition) is 1. The number of likely N-dealkylation sites (N-methyl/N-ethyl adjacent to an activating group) is 1. The third-order valence-corrected chi connectivity index (χ3v) is 4.87. The van der Waals surface area contributed by atoms with Crippen LogP contribution in [-0.2, 0) is 21.5 Å². The van der Waals surface area contributed by atoms with E-state index in [1.807, 2.05) is 43.5 Å². The third kappa shape index (κ3) is 4.39. The Morgan fingerprint density at radius 3 is 2.70 bits per heavy atom. The lowest BCUT2D eigenvalue weighted by atomic mass is 9.90. The minimum atomic E-state index is -0.642. The van der Waals surface area contributed by atoms with E-state index in [2.05, 4.69) is 10.3 Å². The van der Waals surface area contributed by atoms with E-state index >= 15 is 0 Å². The molecule has 122 valence electrons. The van der Waals surface area contributed by atoms with Crippen molar-refractivity contribution in [1.82, 2.24) is 15.2 Å². The first-order chi connectivity index (χ1) is 10.9. The van der Waals surface area contributed by atoms with Crippen molar-refractivity contribution in [2.24, 2.45) is 0 Å². The van der Waals surface area contributed by atoms with Crippen molar-refractivity contribution >= 4 is 23.2 Å². The second-order valence-corrected chi connectivity index (χ2v) is 6.84.